The van der Waals surface area contributed by atoms with Crippen LogP contribution in [0.1, 0.15) is 43.1 Å². The average molecular weight is 869 g/mol. The molecule has 5 aromatic rings. The molecule has 11 nitrogen and oxygen atoms in total. The lowest BCUT2D eigenvalue weighted by atomic mass is 9.90. The molecule has 0 saturated heterocycles. The van der Waals surface area contributed by atoms with Crippen molar-refractivity contribution in [3.8, 4) is 23.0 Å². The van der Waals surface area contributed by atoms with Crippen molar-refractivity contribution in [3.05, 3.63) is 88.2 Å². The monoisotopic (exact) mass is 867 g/mol. The first-order valence-corrected chi connectivity index (χ1v) is 21.5. The summed E-state index contributed by atoms with van der Waals surface area (Å²) in [4.78, 5) is 4.67. The number of rotatable bonds is 10. The minimum Gasteiger partial charge on any atom is -0.322 e. The molecule has 0 saturated carbocycles. The van der Waals surface area contributed by atoms with Gasteiger partial charge in [0.25, 0.3) is 12.7 Å². The molecule has 0 aliphatic carbocycles. The Bertz CT molecular complexity index is 2690. The average Bonchev–Trinajstić information content (AvgIpc) is 3.41. The third kappa shape index (κ3) is 8.69. The standard InChI is InChI=1S/C34H31ClF5N5O6S3.ClH/c1-34(2,52(3,46)47)13-12-26-21-8-6-7-9-22(21)27(29(42-26)25(41)16-18-14-19(36)17-20(37)15-18)23-10-11-24(35)28-30(23)44(32(40)31(38)39)43-33(28)45(53(4,48)49)54(5,50)51;/h6-11,14-15,17,25,31-32H,16,41H2,1-5H3;1H/t25-,32?;/m0./s1. The fourth-order valence-electron chi connectivity index (χ4n) is 5.70. The molecular weight excluding hydrogens is 836 g/mol. The Morgan fingerprint density at radius 3 is 2.00 bits per heavy atom. The molecule has 0 aliphatic rings. The number of aromatic nitrogens is 3. The Labute approximate surface area is 325 Å². The van der Waals surface area contributed by atoms with Crippen LogP contribution >= 0.6 is 24.0 Å². The van der Waals surface area contributed by atoms with Crippen LogP contribution in [0.25, 0.3) is 32.8 Å². The predicted molar refractivity (Wildman–Crippen MR) is 204 cm³/mol. The summed E-state index contributed by atoms with van der Waals surface area (Å²) in [5, 5.41) is 3.28. The molecule has 0 bridgehead atoms. The molecular formula is C34H32Cl2F5N5O6S3. The van der Waals surface area contributed by atoms with E-state index in [4.69, 9.17) is 17.3 Å². The van der Waals surface area contributed by atoms with Crippen LogP contribution in [0.2, 0.25) is 5.02 Å². The molecule has 296 valence electrons. The van der Waals surface area contributed by atoms with Crippen LogP contribution in [0.5, 0.6) is 0 Å². The van der Waals surface area contributed by atoms with E-state index in [1.807, 2.05) is 0 Å². The zero-order chi connectivity index (χ0) is 40.3. The van der Waals surface area contributed by atoms with E-state index < -0.39 is 86.8 Å². The minimum absolute atomic E-state index is 0. The van der Waals surface area contributed by atoms with E-state index in [0.717, 1.165) is 18.4 Å². The van der Waals surface area contributed by atoms with Crippen molar-refractivity contribution < 1.29 is 47.2 Å². The number of hydrogen-bond acceptors (Lipinski definition) is 9. The summed E-state index contributed by atoms with van der Waals surface area (Å²) in [6.45, 7) is 2.74. The summed E-state index contributed by atoms with van der Waals surface area (Å²) in [5.74, 6) is 2.63. The summed E-state index contributed by atoms with van der Waals surface area (Å²) in [7, 11) is -13.3. The van der Waals surface area contributed by atoms with Crippen molar-refractivity contribution in [2.45, 2.75) is 43.8 Å². The number of hydrogen-bond donors (Lipinski definition) is 1. The highest BCUT2D eigenvalue weighted by atomic mass is 35.5. The van der Waals surface area contributed by atoms with E-state index in [1.165, 1.54) is 32.0 Å². The van der Waals surface area contributed by atoms with Crippen molar-refractivity contribution in [2.24, 2.45) is 5.73 Å². The second-order valence-electron chi connectivity index (χ2n) is 12.9. The zero-order valence-corrected chi connectivity index (χ0v) is 33.4. The summed E-state index contributed by atoms with van der Waals surface area (Å²) >= 11 is 6.51. The summed E-state index contributed by atoms with van der Waals surface area (Å²) in [6.07, 6.45) is -5.35. The van der Waals surface area contributed by atoms with Crippen LogP contribution in [-0.2, 0) is 36.3 Å². The third-order valence-corrected chi connectivity index (χ3v) is 13.8. The molecule has 55 heavy (non-hydrogen) atoms. The van der Waals surface area contributed by atoms with E-state index >= 15 is 4.39 Å². The Balaban J connectivity index is 0.00000673. The van der Waals surface area contributed by atoms with Crippen LogP contribution in [0.3, 0.4) is 0 Å². The molecule has 0 fully saturated rings. The van der Waals surface area contributed by atoms with Gasteiger partial charge in [0.2, 0.25) is 20.0 Å². The lowest BCUT2D eigenvalue weighted by Crippen LogP contribution is -2.35. The van der Waals surface area contributed by atoms with Crippen LogP contribution in [0.4, 0.5) is 27.8 Å². The van der Waals surface area contributed by atoms with Gasteiger partial charge >= 0.3 is 0 Å². The van der Waals surface area contributed by atoms with Crippen LogP contribution in [0, 0.1) is 23.5 Å². The first-order valence-electron chi connectivity index (χ1n) is 15.5. The molecule has 2 N–H and O–H groups in total. The highest BCUT2D eigenvalue weighted by molar-refractivity contribution is 8.09. The molecule has 2 heterocycles. The van der Waals surface area contributed by atoms with Crippen molar-refractivity contribution in [3.63, 3.8) is 0 Å². The van der Waals surface area contributed by atoms with E-state index in [2.05, 4.69) is 21.9 Å². The topological polar surface area (TPSA) is 162 Å². The Morgan fingerprint density at radius 1 is 0.909 bits per heavy atom. The SMILES string of the molecule is CC(C)(C#Cc1nc([C@@H](N)Cc2cc(F)cc(F)c2)c(-c2ccc(Cl)c3c(N(S(C)(=O)=O)S(C)(=O)=O)nn(C(F)C(F)F)c23)c2ccccc12)S(C)(=O)=O.Cl. The molecule has 3 aromatic carbocycles. The number of anilines is 1. The number of sulfonamides is 2. The first-order chi connectivity index (χ1) is 24.8. The van der Waals surface area contributed by atoms with Gasteiger partial charge in [0.15, 0.2) is 15.7 Å². The maximum atomic E-state index is 15.6. The van der Waals surface area contributed by atoms with Crippen LogP contribution in [0.15, 0.2) is 54.6 Å². The lowest BCUT2D eigenvalue weighted by Gasteiger charge is -2.21. The van der Waals surface area contributed by atoms with E-state index in [-0.39, 0.29) is 66.1 Å². The van der Waals surface area contributed by atoms with Crippen molar-refractivity contribution in [2.75, 3.05) is 22.5 Å². The van der Waals surface area contributed by atoms with Crippen molar-refractivity contribution in [1.29, 1.82) is 0 Å². The Hall–Kier alpha value is -4.06. The normalized spacial score (nSPS) is 13.7. The van der Waals surface area contributed by atoms with E-state index in [1.54, 1.807) is 18.2 Å². The number of sulfone groups is 1. The molecule has 0 amide bonds. The molecule has 2 aromatic heterocycles. The number of pyridine rings is 1. The van der Waals surface area contributed by atoms with Crippen LogP contribution < -0.4 is 9.44 Å². The molecule has 2 atom stereocenters. The highest BCUT2D eigenvalue weighted by Crippen LogP contribution is 2.45. The number of benzene rings is 3. The van der Waals surface area contributed by atoms with Crippen molar-refractivity contribution >= 4 is 81.4 Å². The number of nitrogens with two attached hydrogens (primary N) is 1. The predicted octanol–water partition coefficient (Wildman–Crippen LogP) is 6.48. The van der Waals surface area contributed by atoms with E-state index in [9.17, 15) is 42.8 Å². The van der Waals surface area contributed by atoms with Crippen molar-refractivity contribution in [1.82, 2.24) is 14.8 Å². The number of halogens is 7. The van der Waals surface area contributed by atoms with E-state index in [0.29, 0.717) is 18.6 Å². The summed E-state index contributed by atoms with van der Waals surface area (Å²) in [6, 6.07) is 10.0. The summed E-state index contributed by atoms with van der Waals surface area (Å²) in [5.41, 5.74) is 5.86. The molecule has 0 aliphatic heterocycles. The van der Waals surface area contributed by atoms with Gasteiger partial charge in [-0.25, -0.2) is 56.9 Å². The smallest absolute Gasteiger partial charge is 0.289 e. The molecule has 0 radical (unpaired) electrons. The summed E-state index contributed by atoms with van der Waals surface area (Å²) < 4.78 is 147. The first kappa shape index (κ1) is 43.7. The number of alkyl halides is 3. The molecule has 5 rings (SSSR count). The zero-order valence-electron chi connectivity index (χ0n) is 29.4. The maximum absolute atomic E-state index is 15.6. The largest absolute Gasteiger partial charge is 0.322 e. The van der Waals surface area contributed by atoms with Gasteiger partial charge in [0.05, 0.1) is 40.2 Å². The molecule has 0 spiro atoms. The second kappa shape index (κ2) is 15.5. The Kier molecular flexibility index (Phi) is 12.3. The number of fused-ring (bicyclic) bond motifs is 2. The quantitative estimate of drug-likeness (QED) is 0.122. The second-order valence-corrected chi connectivity index (χ2v) is 19.8. The van der Waals surface area contributed by atoms with Gasteiger partial charge in [0.1, 0.15) is 22.1 Å². The Morgan fingerprint density at radius 2 is 1.47 bits per heavy atom. The fraction of sp³-hybridized carbons (Fsp3) is 0.294. The third-order valence-electron chi connectivity index (χ3n) is 8.35. The minimum atomic E-state index is -4.78. The molecule has 21 heteroatoms. The maximum Gasteiger partial charge on any atom is 0.289 e. The van der Waals surface area contributed by atoms with Crippen LogP contribution in [-0.4, -0.2) is 70.0 Å². The van der Waals surface area contributed by atoms with Gasteiger partial charge in [-0.3, -0.25) is 0 Å². The number of nitrogens with zero attached hydrogens (tertiary/aromatic N) is 4. The van der Waals surface area contributed by atoms with Gasteiger partial charge in [-0.1, -0.05) is 47.9 Å². The molecule has 1 unspecified atom stereocenters. The lowest BCUT2D eigenvalue weighted by molar-refractivity contribution is 0.00365. The van der Waals surface area contributed by atoms with Gasteiger partial charge in [-0.2, -0.15) is 0 Å². The highest BCUT2D eigenvalue weighted by Gasteiger charge is 2.37. The van der Waals surface area contributed by atoms with Gasteiger partial charge < -0.3 is 5.73 Å². The fourth-order valence-corrected chi connectivity index (χ4v) is 9.03. The van der Waals surface area contributed by atoms with Gasteiger partial charge in [0, 0.05) is 28.8 Å². The van der Waals surface area contributed by atoms with Gasteiger partial charge in [-0.05, 0) is 55.3 Å². The van der Waals surface area contributed by atoms with Gasteiger partial charge in [-0.15, -0.1) is 21.2 Å².